The molecule has 0 saturated heterocycles. The Hall–Kier alpha value is -2.61. The highest BCUT2D eigenvalue weighted by molar-refractivity contribution is 7.93. The van der Waals surface area contributed by atoms with Gasteiger partial charge < -0.3 is 9.47 Å². The fourth-order valence-electron chi connectivity index (χ4n) is 2.87. The van der Waals surface area contributed by atoms with Crippen LogP contribution in [0.15, 0.2) is 55.3 Å². The minimum atomic E-state index is -3.16. The van der Waals surface area contributed by atoms with E-state index in [0.717, 1.165) is 12.1 Å². The zero-order valence-electron chi connectivity index (χ0n) is 17.0. The fraction of sp³-hybridized carbons (Fsp3) is 0.429. The van der Waals surface area contributed by atoms with Gasteiger partial charge in [-0.3, -0.25) is 14.3 Å². The van der Waals surface area contributed by atoms with Crippen molar-refractivity contribution in [1.82, 2.24) is 9.78 Å². The molecule has 0 spiro atoms. The molecule has 0 aliphatic rings. The molecule has 0 radical (unpaired) electrons. The summed E-state index contributed by atoms with van der Waals surface area (Å²) in [6, 6.07) is 11.1. The molecule has 0 saturated carbocycles. The van der Waals surface area contributed by atoms with Crippen LogP contribution in [0, 0.1) is 10.7 Å². The van der Waals surface area contributed by atoms with Crippen molar-refractivity contribution >= 4 is 15.7 Å². The van der Waals surface area contributed by atoms with Gasteiger partial charge in [-0.15, -0.1) is 11.7 Å². The van der Waals surface area contributed by atoms with Crippen molar-refractivity contribution in [3.05, 3.63) is 60.8 Å². The SMILES string of the molecule is C=CC[C@H](COc1ccn(CC)n1)C[S@](=N)(=O)CC(=O)O[C@@H](C)c1ccccc1. The van der Waals surface area contributed by atoms with Crippen molar-refractivity contribution in [3.63, 3.8) is 0 Å². The minimum Gasteiger partial charge on any atom is -0.476 e. The third-order valence-electron chi connectivity index (χ3n) is 4.34. The molecule has 0 fully saturated rings. The lowest BCUT2D eigenvalue weighted by molar-refractivity contribution is -0.145. The first-order valence-electron chi connectivity index (χ1n) is 9.58. The molecule has 0 amide bonds. The quantitative estimate of drug-likeness (QED) is 0.417. The Morgan fingerprint density at radius 2 is 2.07 bits per heavy atom. The Morgan fingerprint density at radius 1 is 1.34 bits per heavy atom. The standard InChI is InChI=1S/C21H29N3O4S/c1-4-9-18(14-27-20-12-13-24(5-2)23-20)15-29(22,26)16-21(25)28-17(3)19-10-7-6-8-11-19/h4,6-8,10-13,17-18,22H,1,5,9,14-16H2,2-3H3/t17-,18+,29-/m0/s1. The Balaban J connectivity index is 1.89. The molecule has 2 aromatic rings. The van der Waals surface area contributed by atoms with Crippen molar-refractivity contribution in [2.75, 3.05) is 18.1 Å². The van der Waals surface area contributed by atoms with Crippen LogP contribution in [0.4, 0.5) is 0 Å². The van der Waals surface area contributed by atoms with Crippen molar-refractivity contribution < 1.29 is 18.5 Å². The molecule has 8 heteroatoms. The summed E-state index contributed by atoms with van der Waals surface area (Å²) in [4.78, 5) is 12.2. The van der Waals surface area contributed by atoms with Gasteiger partial charge in [0.15, 0.2) is 0 Å². The third-order valence-corrected chi connectivity index (χ3v) is 6.05. The van der Waals surface area contributed by atoms with Crippen LogP contribution in [0.1, 0.15) is 31.9 Å². The van der Waals surface area contributed by atoms with E-state index in [2.05, 4.69) is 11.7 Å². The Morgan fingerprint density at radius 3 is 2.69 bits per heavy atom. The predicted octanol–water partition coefficient (Wildman–Crippen LogP) is 3.83. The summed E-state index contributed by atoms with van der Waals surface area (Å²) in [5.41, 5.74) is 0.849. The molecule has 1 heterocycles. The molecule has 3 atom stereocenters. The van der Waals surface area contributed by atoms with Crippen LogP contribution < -0.4 is 4.74 Å². The second-order valence-electron chi connectivity index (χ2n) is 6.88. The van der Waals surface area contributed by atoms with Crippen LogP contribution in [0.3, 0.4) is 0 Å². The number of hydrogen-bond donors (Lipinski definition) is 1. The van der Waals surface area contributed by atoms with E-state index in [0.29, 0.717) is 12.3 Å². The van der Waals surface area contributed by atoms with Gasteiger partial charge in [0.1, 0.15) is 11.9 Å². The number of esters is 1. The maximum Gasteiger partial charge on any atom is 0.320 e. The van der Waals surface area contributed by atoms with Gasteiger partial charge in [0, 0.05) is 30.5 Å². The van der Waals surface area contributed by atoms with Gasteiger partial charge in [0.05, 0.1) is 16.3 Å². The Labute approximate surface area is 172 Å². The van der Waals surface area contributed by atoms with E-state index in [1.54, 1.807) is 23.7 Å². The highest BCUT2D eigenvalue weighted by Gasteiger charge is 2.22. The summed E-state index contributed by atoms with van der Waals surface area (Å²) in [6.45, 7) is 8.43. The van der Waals surface area contributed by atoms with Crippen LogP contribution in [0.5, 0.6) is 5.88 Å². The van der Waals surface area contributed by atoms with E-state index in [-0.39, 0.29) is 18.3 Å². The number of hydrogen-bond acceptors (Lipinski definition) is 6. The lowest BCUT2D eigenvalue weighted by Gasteiger charge is -2.18. The molecule has 1 aromatic carbocycles. The number of allylic oxidation sites excluding steroid dienone is 1. The molecule has 2 rings (SSSR count). The molecule has 0 unspecified atom stereocenters. The largest absolute Gasteiger partial charge is 0.476 e. The topological polar surface area (TPSA) is 94.3 Å². The molecule has 7 nitrogen and oxygen atoms in total. The van der Waals surface area contributed by atoms with E-state index < -0.39 is 27.6 Å². The van der Waals surface area contributed by atoms with E-state index >= 15 is 0 Å². The second kappa shape index (κ2) is 10.8. The maximum atomic E-state index is 12.7. The minimum absolute atomic E-state index is 0.0301. The monoisotopic (exact) mass is 419 g/mol. The molecule has 0 aliphatic carbocycles. The van der Waals surface area contributed by atoms with Crippen molar-refractivity contribution in [2.45, 2.75) is 32.9 Å². The summed E-state index contributed by atoms with van der Waals surface area (Å²) < 4.78 is 33.6. The molecule has 1 N–H and O–H groups in total. The fourth-order valence-corrected chi connectivity index (χ4v) is 4.43. The zero-order chi connectivity index (χ0) is 21.3. The molecule has 0 bridgehead atoms. The molecule has 1 aromatic heterocycles. The maximum absolute atomic E-state index is 12.7. The van der Waals surface area contributed by atoms with E-state index in [1.165, 1.54) is 0 Å². The highest BCUT2D eigenvalue weighted by atomic mass is 32.2. The second-order valence-corrected chi connectivity index (χ2v) is 9.12. The van der Waals surface area contributed by atoms with Crippen LogP contribution in [0.2, 0.25) is 0 Å². The average Bonchev–Trinajstić information content (AvgIpc) is 3.14. The molecule has 158 valence electrons. The van der Waals surface area contributed by atoms with E-state index in [1.807, 2.05) is 43.5 Å². The molecular formula is C21H29N3O4S. The lowest BCUT2D eigenvalue weighted by atomic mass is 10.1. The summed E-state index contributed by atoms with van der Waals surface area (Å²) in [7, 11) is -3.16. The first-order valence-corrected chi connectivity index (χ1v) is 11.5. The van der Waals surface area contributed by atoms with Crippen LogP contribution in [-0.2, 0) is 25.8 Å². The Kier molecular flexibility index (Phi) is 8.45. The van der Waals surface area contributed by atoms with Crippen LogP contribution >= 0.6 is 0 Å². The molecular weight excluding hydrogens is 390 g/mol. The van der Waals surface area contributed by atoms with Gasteiger partial charge in [-0.2, -0.15) is 0 Å². The number of benzene rings is 1. The molecule has 0 aliphatic heterocycles. The van der Waals surface area contributed by atoms with E-state index in [9.17, 15) is 9.00 Å². The van der Waals surface area contributed by atoms with Gasteiger partial charge >= 0.3 is 5.97 Å². The number of nitrogens with one attached hydrogen (secondary N) is 1. The normalized spacial score (nSPS) is 15.1. The zero-order valence-corrected chi connectivity index (χ0v) is 17.8. The van der Waals surface area contributed by atoms with Crippen molar-refractivity contribution in [2.24, 2.45) is 5.92 Å². The first kappa shape index (κ1) is 22.7. The highest BCUT2D eigenvalue weighted by Crippen LogP contribution is 2.18. The number of aromatic nitrogens is 2. The average molecular weight is 420 g/mol. The van der Waals surface area contributed by atoms with Gasteiger partial charge in [-0.05, 0) is 25.8 Å². The number of carbonyl (C=O) groups is 1. The van der Waals surface area contributed by atoms with Gasteiger partial charge in [0.25, 0.3) is 0 Å². The summed E-state index contributed by atoms with van der Waals surface area (Å²) in [5.74, 6) is -0.775. The van der Waals surface area contributed by atoms with Crippen LogP contribution in [-0.4, -0.2) is 38.1 Å². The van der Waals surface area contributed by atoms with Crippen molar-refractivity contribution in [3.8, 4) is 5.88 Å². The number of aryl methyl sites for hydroxylation is 1. The summed E-state index contributed by atoms with van der Waals surface area (Å²) >= 11 is 0. The van der Waals surface area contributed by atoms with Gasteiger partial charge in [-0.1, -0.05) is 36.4 Å². The number of ether oxygens (including phenoxy) is 2. The number of rotatable bonds is 12. The summed E-state index contributed by atoms with van der Waals surface area (Å²) in [6.07, 6.45) is 3.58. The van der Waals surface area contributed by atoms with Crippen LogP contribution in [0.25, 0.3) is 0 Å². The predicted molar refractivity (Wildman–Crippen MR) is 113 cm³/mol. The summed E-state index contributed by atoms with van der Waals surface area (Å²) in [5, 5.41) is 4.24. The lowest BCUT2D eigenvalue weighted by Crippen LogP contribution is -2.27. The first-order chi connectivity index (χ1) is 13.8. The van der Waals surface area contributed by atoms with Gasteiger partial charge in [0.2, 0.25) is 5.88 Å². The Bertz CT molecular complexity index is 894. The third kappa shape index (κ3) is 7.73. The van der Waals surface area contributed by atoms with E-state index in [4.69, 9.17) is 14.3 Å². The number of carbonyl (C=O) groups excluding carboxylic acids is 1. The number of nitrogens with zero attached hydrogens (tertiary/aromatic N) is 2. The molecule has 29 heavy (non-hydrogen) atoms. The smallest absolute Gasteiger partial charge is 0.320 e. The van der Waals surface area contributed by atoms with Gasteiger partial charge in [-0.25, -0.2) is 4.21 Å². The van der Waals surface area contributed by atoms with Crippen molar-refractivity contribution in [1.29, 1.82) is 4.78 Å².